The minimum atomic E-state index is -0.413. The lowest BCUT2D eigenvalue weighted by molar-refractivity contribution is -0.119. The van der Waals surface area contributed by atoms with E-state index in [4.69, 9.17) is 11.6 Å². The van der Waals surface area contributed by atoms with E-state index in [0.29, 0.717) is 10.7 Å². The third-order valence-corrected chi connectivity index (χ3v) is 3.59. The van der Waals surface area contributed by atoms with Gasteiger partial charge >= 0.3 is 6.03 Å². The molecule has 1 aliphatic rings. The molecule has 1 aromatic carbocycles. The molecular formula is C14H17ClN2O2. The molecule has 19 heavy (non-hydrogen) atoms. The Morgan fingerprint density at radius 3 is 2.42 bits per heavy atom. The van der Waals surface area contributed by atoms with Gasteiger partial charge in [-0.05, 0) is 17.5 Å². The maximum Gasteiger partial charge on any atom is 0.329 e. The fourth-order valence-electron chi connectivity index (χ4n) is 2.04. The van der Waals surface area contributed by atoms with Gasteiger partial charge in [0, 0.05) is 12.5 Å². The number of imide groups is 1. The number of urea groups is 1. The summed E-state index contributed by atoms with van der Waals surface area (Å²) in [5.74, 6) is -0.225. The number of carbonyl (C=O) groups excluding carboxylic acids is 2. The smallest absolute Gasteiger partial charge is 0.329 e. The highest BCUT2D eigenvalue weighted by Crippen LogP contribution is 2.31. The van der Waals surface area contributed by atoms with Crippen LogP contribution in [0.4, 0.5) is 10.5 Å². The SMILES string of the molecule is CC(C)(C)C1CC(=O)N(c2ccccc2Cl)C(=O)N1. The molecule has 1 N–H and O–H groups in total. The van der Waals surface area contributed by atoms with Gasteiger partial charge in [0.1, 0.15) is 0 Å². The summed E-state index contributed by atoms with van der Waals surface area (Å²) in [6.07, 6.45) is 0.278. The van der Waals surface area contributed by atoms with Crippen LogP contribution in [0.1, 0.15) is 27.2 Å². The zero-order chi connectivity index (χ0) is 14.2. The van der Waals surface area contributed by atoms with Gasteiger partial charge in [0.25, 0.3) is 0 Å². The van der Waals surface area contributed by atoms with E-state index < -0.39 is 6.03 Å². The Morgan fingerprint density at radius 2 is 1.89 bits per heavy atom. The van der Waals surface area contributed by atoms with Crippen molar-refractivity contribution in [3.63, 3.8) is 0 Å². The van der Waals surface area contributed by atoms with Crippen molar-refractivity contribution in [3.8, 4) is 0 Å². The maximum absolute atomic E-state index is 12.2. The largest absolute Gasteiger partial charge is 0.334 e. The van der Waals surface area contributed by atoms with Crippen molar-refractivity contribution >= 4 is 29.2 Å². The Labute approximate surface area is 117 Å². The predicted octanol–water partition coefficient (Wildman–Crippen LogP) is 3.20. The summed E-state index contributed by atoms with van der Waals surface area (Å²) in [5, 5.41) is 3.26. The number of carbonyl (C=O) groups is 2. The van der Waals surface area contributed by atoms with Crippen molar-refractivity contribution < 1.29 is 9.59 Å². The lowest BCUT2D eigenvalue weighted by Gasteiger charge is -2.38. The zero-order valence-corrected chi connectivity index (χ0v) is 12.0. The number of para-hydroxylation sites is 1. The number of hydrogen-bond donors (Lipinski definition) is 1. The summed E-state index contributed by atoms with van der Waals surface area (Å²) in [4.78, 5) is 25.5. The fourth-order valence-corrected chi connectivity index (χ4v) is 2.26. The number of halogens is 1. The number of amides is 3. The van der Waals surface area contributed by atoms with E-state index >= 15 is 0 Å². The molecule has 3 amide bonds. The molecule has 1 aliphatic heterocycles. The number of hydrogen-bond acceptors (Lipinski definition) is 2. The first-order valence-corrected chi connectivity index (χ1v) is 6.56. The van der Waals surface area contributed by atoms with Crippen LogP contribution in [0, 0.1) is 5.41 Å². The van der Waals surface area contributed by atoms with E-state index in [2.05, 4.69) is 5.32 Å². The van der Waals surface area contributed by atoms with E-state index in [-0.39, 0.29) is 23.8 Å². The van der Waals surface area contributed by atoms with E-state index in [1.54, 1.807) is 24.3 Å². The minimum Gasteiger partial charge on any atom is -0.334 e. The van der Waals surface area contributed by atoms with Gasteiger partial charge < -0.3 is 5.32 Å². The summed E-state index contributed by atoms with van der Waals surface area (Å²) in [6.45, 7) is 5.99. The number of nitrogens with zero attached hydrogens (tertiary/aromatic N) is 1. The number of rotatable bonds is 1. The Balaban J connectivity index is 2.29. The quantitative estimate of drug-likeness (QED) is 0.859. The Bertz CT molecular complexity index is 504. The van der Waals surface area contributed by atoms with Crippen LogP contribution >= 0.6 is 11.6 Å². The number of benzene rings is 1. The zero-order valence-electron chi connectivity index (χ0n) is 11.2. The molecule has 1 aromatic rings. The van der Waals surface area contributed by atoms with E-state index in [1.807, 2.05) is 20.8 Å². The molecule has 2 rings (SSSR count). The molecule has 5 heteroatoms. The molecule has 0 spiro atoms. The average molecular weight is 281 g/mol. The van der Waals surface area contributed by atoms with Crippen LogP contribution in [0.3, 0.4) is 0 Å². The molecule has 0 aliphatic carbocycles. The second-order valence-corrected chi connectivity index (χ2v) is 6.16. The fraction of sp³-hybridized carbons (Fsp3) is 0.429. The first-order valence-electron chi connectivity index (χ1n) is 6.18. The van der Waals surface area contributed by atoms with Crippen LogP contribution in [-0.2, 0) is 4.79 Å². The van der Waals surface area contributed by atoms with Crippen LogP contribution < -0.4 is 10.2 Å². The highest BCUT2D eigenvalue weighted by atomic mass is 35.5. The van der Waals surface area contributed by atoms with E-state index in [1.165, 1.54) is 0 Å². The number of anilines is 1. The van der Waals surface area contributed by atoms with Crippen LogP contribution in [0.15, 0.2) is 24.3 Å². The van der Waals surface area contributed by atoms with Gasteiger partial charge in [-0.15, -0.1) is 0 Å². The summed E-state index contributed by atoms with van der Waals surface area (Å²) < 4.78 is 0. The standard InChI is InChI=1S/C14H17ClN2O2/c1-14(2,3)11-8-12(18)17(13(19)16-11)10-7-5-4-6-9(10)15/h4-7,11H,8H2,1-3H3,(H,16,19). The first kappa shape index (κ1) is 13.9. The molecule has 102 valence electrons. The van der Waals surface area contributed by atoms with Crippen LogP contribution in [-0.4, -0.2) is 18.0 Å². The summed E-state index contributed by atoms with van der Waals surface area (Å²) in [5.41, 5.74) is 0.275. The van der Waals surface area contributed by atoms with Gasteiger partial charge in [-0.2, -0.15) is 0 Å². The molecule has 1 unspecified atom stereocenters. The molecule has 1 saturated heterocycles. The third kappa shape index (κ3) is 2.73. The van der Waals surface area contributed by atoms with Gasteiger partial charge in [-0.25, -0.2) is 9.69 Å². The highest BCUT2D eigenvalue weighted by molar-refractivity contribution is 6.35. The van der Waals surface area contributed by atoms with Crippen LogP contribution in [0.25, 0.3) is 0 Å². The average Bonchev–Trinajstić information content (AvgIpc) is 2.29. The van der Waals surface area contributed by atoms with Crippen LogP contribution in [0.5, 0.6) is 0 Å². The van der Waals surface area contributed by atoms with Crippen molar-refractivity contribution in [2.45, 2.75) is 33.2 Å². The topological polar surface area (TPSA) is 49.4 Å². The van der Waals surface area contributed by atoms with Crippen molar-refractivity contribution in [2.75, 3.05) is 4.90 Å². The third-order valence-electron chi connectivity index (χ3n) is 3.27. The van der Waals surface area contributed by atoms with E-state index in [0.717, 1.165) is 4.90 Å². The monoisotopic (exact) mass is 280 g/mol. The second kappa shape index (κ2) is 4.85. The summed E-state index contributed by atoms with van der Waals surface area (Å²) in [7, 11) is 0. The van der Waals surface area contributed by atoms with Crippen molar-refractivity contribution in [1.29, 1.82) is 0 Å². The molecule has 0 bridgehead atoms. The second-order valence-electron chi connectivity index (χ2n) is 5.75. The normalized spacial score (nSPS) is 20.4. The Hall–Kier alpha value is -1.55. The van der Waals surface area contributed by atoms with Gasteiger partial charge in [0.2, 0.25) is 5.91 Å². The summed E-state index contributed by atoms with van der Waals surface area (Å²) >= 11 is 6.04. The van der Waals surface area contributed by atoms with Gasteiger partial charge in [0.05, 0.1) is 10.7 Å². The summed E-state index contributed by atoms with van der Waals surface area (Å²) in [6, 6.07) is 6.26. The molecular weight excluding hydrogens is 264 g/mol. The maximum atomic E-state index is 12.2. The van der Waals surface area contributed by atoms with Crippen LogP contribution in [0.2, 0.25) is 5.02 Å². The predicted molar refractivity (Wildman–Crippen MR) is 75.3 cm³/mol. The molecule has 1 atom stereocenters. The first-order chi connectivity index (χ1) is 8.80. The van der Waals surface area contributed by atoms with Crippen molar-refractivity contribution in [1.82, 2.24) is 5.32 Å². The van der Waals surface area contributed by atoms with Crippen molar-refractivity contribution in [2.24, 2.45) is 5.41 Å². The number of nitrogens with one attached hydrogen (secondary N) is 1. The molecule has 0 saturated carbocycles. The van der Waals surface area contributed by atoms with E-state index in [9.17, 15) is 9.59 Å². The van der Waals surface area contributed by atoms with Gasteiger partial charge in [0.15, 0.2) is 0 Å². The van der Waals surface area contributed by atoms with Crippen molar-refractivity contribution in [3.05, 3.63) is 29.3 Å². The molecule has 0 radical (unpaired) electrons. The molecule has 4 nitrogen and oxygen atoms in total. The molecule has 1 fully saturated rings. The Kier molecular flexibility index (Phi) is 3.54. The lowest BCUT2D eigenvalue weighted by atomic mass is 9.83. The molecule has 1 heterocycles. The van der Waals surface area contributed by atoms with Gasteiger partial charge in [-0.3, -0.25) is 4.79 Å². The Morgan fingerprint density at radius 1 is 1.26 bits per heavy atom. The highest BCUT2D eigenvalue weighted by Gasteiger charge is 2.38. The lowest BCUT2D eigenvalue weighted by Crippen LogP contribution is -2.58. The van der Waals surface area contributed by atoms with Gasteiger partial charge in [-0.1, -0.05) is 44.5 Å². The minimum absolute atomic E-state index is 0.155. The molecule has 0 aromatic heterocycles.